The molecule has 0 fully saturated rings. The average molecular weight is 234 g/mol. The summed E-state index contributed by atoms with van der Waals surface area (Å²) in [5.41, 5.74) is 1.63. The molecule has 4 nitrogen and oxygen atoms in total. The number of esters is 1. The predicted octanol–water partition coefficient (Wildman–Crippen LogP) is 1.76. The maximum Gasteiger partial charge on any atom is 0.343 e. The molecule has 0 amide bonds. The van der Waals surface area contributed by atoms with Gasteiger partial charge in [0, 0.05) is 17.5 Å². The highest BCUT2D eigenvalue weighted by Gasteiger charge is 2.20. The Bertz CT molecular complexity index is 451. The van der Waals surface area contributed by atoms with Gasteiger partial charge >= 0.3 is 5.97 Å². The van der Waals surface area contributed by atoms with Crippen LogP contribution in [0.5, 0.6) is 5.75 Å². The van der Waals surface area contributed by atoms with E-state index in [0.29, 0.717) is 12.2 Å². The summed E-state index contributed by atoms with van der Waals surface area (Å²) in [6, 6.07) is 5.36. The molecule has 0 atom stereocenters. The summed E-state index contributed by atoms with van der Waals surface area (Å²) in [5, 5.41) is 0. The van der Waals surface area contributed by atoms with Crippen molar-refractivity contribution in [2.24, 2.45) is 0 Å². The van der Waals surface area contributed by atoms with E-state index in [9.17, 15) is 9.59 Å². The first-order valence-corrected chi connectivity index (χ1v) is 5.57. The van der Waals surface area contributed by atoms with Crippen molar-refractivity contribution in [2.45, 2.75) is 19.3 Å². The minimum absolute atomic E-state index is 0.124. The van der Waals surface area contributed by atoms with E-state index in [4.69, 9.17) is 4.74 Å². The Morgan fingerprint density at radius 1 is 1.35 bits per heavy atom. The zero-order valence-corrected chi connectivity index (χ0v) is 9.69. The molecule has 1 aliphatic carbocycles. The SMILES string of the molecule is COC(=O)COc1cccc2c1CCCC2=O. The molecule has 17 heavy (non-hydrogen) atoms. The number of ketones is 1. The molecule has 0 spiro atoms. The Labute approximate surface area is 99.5 Å². The van der Waals surface area contributed by atoms with Crippen LogP contribution < -0.4 is 4.74 Å². The topological polar surface area (TPSA) is 52.6 Å². The summed E-state index contributed by atoms with van der Waals surface area (Å²) in [6.07, 6.45) is 2.25. The van der Waals surface area contributed by atoms with Gasteiger partial charge in [-0.1, -0.05) is 12.1 Å². The summed E-state index contributed by atoms with van der Waals surface area (Å²) in [6.45, 7) is -0.124. The highest BCUT2D eigenvalue weighted by Crippen LogP contribution is 2.29. The van der Waals surface area contributed by atoms with Crippen LogP contribution in [0.4, 0.5) is 0 Å². The Balaban J connectivity index is 2.20. The number of hydrogen-bond acceptors (Lipinski definition) is 4. The smallest absolute Gasteiger partial charge is 0.343 e. The maximum absolute atomic E-state index is 11.7. The van der Waals surface area contributed by atoms with E-state index in [0.717, 1.165) is 24.0 Å². The summed E-state index contributed by atoms with van der Waals surface area (Å²) in [4.78, 5) is 22.7. The first-order valence-electron chi connectivity index (χ1n) is 5.57. The van der Waals surface area contributed by atoms with Crippen molar-refractivity contribution < 1.29 is 19.1 Å². The van der Waals surface area contributed by atoms with Crippen molar-refractivity contribution in [1.82, 2.24) is 0 Å². The molecule has 0 aromatic heterocycles. The van der Waals surface area contributed by atoms with E-state index in [1.165, 1.54) is 7.11 Å². The molecule has 4 heteroatoms. The number of carbonyl (C=O) groups is 2. The lowest BCUT2D eigenvalue weighted by atomic mass is 9.90. The molecular formula is C13H14O4. The van der Waals surface area contributed by atoms with Gasteiger partial charge in [-0.25, -0.2) is 4.79 Å². The third-order valence-electron chi connectivity index (χ3n) is 2.84. The number of ether oxygens (including phenoxy) is 2. The molecule has 0 bridgehead atoms. The maximum atomic E-state index is 11.7. The van der Waals surface area contributed by atoms with Crippen LogP contribution in [0.15, 0.2) is 18.2 Å². The van der Waals surface area contributed by atoms with Gasteiger partial charge in [0.25, 0.3) is 0 Å². The zero-order valence-electron chi connectivity index (χ0n) is 9.69. The van der Waals surface area contributed by atoms with E-state index in [1.807, 2.05) is 6.07 Å². The molecule has 1 aliphatic rings. The lowest BCUT2D eigenvalue weighted by Gasteiger charge is -2.18. The second kappa shape index (κ2) is 4.99. The molecule has 0 saturated heterocycles. The van der Waals surface area contributed by atoms with Crippen LogP contribution in [0, 0.1) is 0 Å². The summed E-state index contributed by atoms with van der Waals surface area (Å²) >= 11 is 0. The van der Waals surface area contributed by atoms with Crippen molar-refractivity contribution in [2.75, 3.05) is 13.7 Å². The van der Waals surface area contributed by atoms with E-state index in [1.54, 1.807) is 12.1 Å². The van der Waals surface area contributed by atoms with Gasteiger partial charge in [-0.2, -0.15) is 0 Å². The molecule has 0 aliphatic heterocycles. The Kier molecular flexibility index (Phi) is 3.42. The van der Waals surface area contributed by atoms with Crippen LogP contribution in [0.1, 0.15) is 28.8 Å². The first-order chi connectivity index (χ1) is 8.22. The van der Waals surface area contributed by atoms with Crippen molar-refractivity contribution in [3.63, 3.8) is 0 Å². The molecule has 90 valence electrons. The lowest BCUT2D eigenvalue weighted by molar-refractivity contribution is -0.142. The monoisotopic (exact) mass is 234 g/mol. The third-order valence-corrected chi connectivity index (χ3v) is 2.84. The van der Waals surface area contributed by atoms with E-state index in [2.05, 4.69) is 4.74 Å². The molecular weight excluding hydrogens is 220 g/mol. The van der Waals surface area contributed by atoms with Crippen LogP contribution >= 0.6 is 0 Å². The van der Waals surface area contributed by atoms with E-state index >= 15 is 0 Å². The Hall–Kier alpha value is -1.84. The number of carbonyl (C=O) groups excluding carboxylic acids is 2. The molecule has 0 radical (unpaired) electrons. The predicted molar refractivity (Wildman–Crippen MR) is 61.2 cm³/mol. The number of benzene rings is 1. The lowest BCUT2D eigenvalue weighted by Crippen LogP contribution is -2.16. The minimum Gasteiger partial charge on any atom is -0.482 e. The van der Waals surface area contributed by atoms with Gasteiger partial charge in [0.1, 0.15) is 5.75 Å². The van der Waals surface area contributed by atoms with Gasteiger partial charge in [0.2, 0.25) is 0 Å². The number of Topliss-reactive ketones (excluding diaryl/α,β-unsaturated/α-hetero) is 1. The minimum atomic E-state index is -0.426. The van der Waals surface area contributed by atoms with Crippen LogP contribution in [0.3, 0.4) is 0 Å². The average Bonchev–Trinajstić information content (AvgIpc) is 2.36. The van der Waals surface area contributed by atoms with Gasteiger partial charge in [0.05, 0.1) is 7.11 Å². The summed E-state index contributed by atoms with van der Waals surface area (Å²) in [5.74, 6) is 0.334. The fraction of sp³-hybridized carbons (Fsp3) is 0.385. The van der Waals surface area contributed by atoms with Gasteiger partial charge < -0.3 is 9.47 Å². The van der Waals surface area contributed by atoms with Crippen LogP contribution in [-0.4, -0.2) is 25.5 Å². The van der Waals surface area contributed by atoms with Crippen molar-refractivity contribution >= 4 is 11.8 Å². The van der Waals surface area contributed by atoms with Crippen molar-refractivity contribution in [1.29, 1.82) is 0 Å². The molecule has 1 aromatic rings. The second-order valence-corrected chi connectivity index (χ2v) is 3.92. The molecule has 1 aromatic carbocycles. The first kappa shape index (κ1) is 11.6. The van der Waals surface area contributed by atoms with Gasteiger partial charge in [0.15, 0.2) is 12.4 Å². The summed E-state index contributed by atoms with van der Waals surface area (Å²) in [7, 11) is 1.32. The molecule has 0 unspecified atom stereocenters. The zero-order chi connectivity index (χ0) is 12.3. The van der Waals surface area contributed by atoms with Crippen LogP contribution in [-0.2, 0) is 16.0 Å². The van der Waals surface area contributed by atoms with Crippen LogP contribution in [0.2, 0.25) is 0 Å². The highest BCUT2D eigenvalue weighted by molar-refractivity contribution is 5.99. The molecule has 0 heterocycles. The Morgan fingerprint density at radius 3 is 2.94 bits per heavy atom. The quantitative estimate of drug-likeness (QED) is 0.748. The van der Waals surface area contributed by atoms with Gasteiger partial charge in [-0.3, -0.25) is 4.79 Å². The largest absolute Gasteiger partial charge is 0.482 e. The fourth-order valence-corrected chi connectivity index (χ4v) is 1.98. The van der Waals surface area contributed by atoms with Crippen molar-refractivity contribution in [3.8, 4) is 5.75 Å². The molecule has 0 N–H and O–H groups in total. The molecule has 0 saturated carbocycles. The Morgan fingerprint density at radius 2 is 2.18 bits per heavy atom. The number of methoxy groups -OCH3 is 1. The second-order valence-electron chi connectivity index (χ2n) is 3.92. The highest BCUT2D eigenvalue weighted by atomic mass is 16.6. The van der Waals surface area contributed by atoms with E-state index in [-0.39, 0.29) is 12.4 Å². The van der Waals surface area contributed by atoms with Crippen LogP contribution in [0.25, 0.3) is 0 Å². The van der Waals surface area contributed by atoms with Gasteiger partial charge in [-0.15, -0.1) is 0 Å². The van der Waals surface area contributed by atoms with Gasteiger partial charge in [-0.05, 0) is 18.9 Å². The summed E-state index contributed by atoms with van der Waals surface area (Å²) < 4.78 is 9.88. The van der Waals surface area contributed by atoms with Crippen molar-refractivity contribution in [3.05, 3.63) is 29.3 Å². The number of hydrogen-bond donors (Lipinski definition) is 0. The number of rotatable bonds is 3. The third kappa shape index (κ3) is 2.46. The van der Waals surface area contributed by atoms with E-state index < -0.39 is 5.97 Å². The standard InChI is InChI=1S/C13H14O4/c1-16-13(15)8-17-12-7-3-4-9-10(12)5-2-6-11(9)14/h3-4,7H,2,5-6,8H2,1H3. The fourth-order valence-electron chi connectivity index (χ4n) is 1.98. The normalized spacial score (nSPS) is 14.1. The number of fused-ring (bicyclic) bond motifs is 1. The molecule has 2 rings (SSSR count).